The molecule has 46 heavy (non-hydrogen) atoms. The van der Waals surface area contributed by atoms with Gasteiger partial charge in [0, 0.05) is 43.7 Å². The van der Waals surface area contributed by atoms with Crippen LogP contribution in [0.25, 0.3) is 17.1 Å². The molecule has 3 aromatic carbocycles. The van der Waals surface area contributed by atoms with Gasteiger partial charge in [-0.25, -0.2) is 0 Å². The topological polar surface area (TPSA) is 140 Å². The maximum Gasteiger partial charge on any atom is 0.284 e. The number of nitrogens with zero attached hydrogens (tertiary/aromatic N) is 7. The Morgan fingerprint density at radius 1 is 0.891 bits per heavy atom. The number of nitro groups is 1. The molecule has 1 aliphatic heterocycles. The Kier molecular flexibility index (Phi) is 9.01. The van der Waals surface area contributed by atoms with Crippen molar-refractivity contribution in [3.05, 3.63) is 105 Å². The summed E-state index contributed by atoms with van der Waals surface area (Å²) in [6, 6.07) is 18.5. The molecular formula is C33H33N7O6. The summed E-state index contributed by atoms with van der Waals surface area (Å²) in [6.45, 7) is 2.93. The maximum atomic E-state index is 12.0. The zero-order valence-corrected chi connectivity index (χ0v) is 25.8. The molecule has 0 atom stereocenters. The highest BCUT2D eigenvalue weighted by Crippen LogP contribution is 2.39. The quantitative estimate of drug-likeness (QED) is 0.139. The van der Waals surface area contributed by atoms with Crippen molar-refractivity contribution >= 4 is 5.69 Å². The SMILES string of the molecule is COc1cc2c(cc1OC)CN(CCc1ccc(-n3nnc(-c4cc(OCc5cccnc5)c(OC)cc4[N+](=O)[O-])n3)cc1)CC2. The molecule has 3 heterocycles. The molecule has 0 radical (unpaired) electrons. The van der Waals surface area contributed by atoms with E-state index < -0.39 is 4.92 Å². The van der Waals surface area contributed by atoms with Gasteiger partial charge in [-0.05, 0) is 65.1 Å². The Morgan fingerprint density at radius 2 is 1.63 bits per heavy atom. The lowest BCUT2D eigenvalue weighted by Gasteiger charge is -2.29. The molecule has 0 aliphatic carbocycles. The van der Waals surface area contributed by atoms with E-state index in [1.54, 1.807) is 32.7 Å². The van der Waals surface area contributed by atoms with E-state index in [1.807, 2.05) is 30.3 Å². The van der Waals surface area contributed by atoms with Crippen molar-refractivity contribution in [1.29, 1.82) is 0 Å². The fourth-order valence-corrected chi connectivity index (χ4v) is 5.44. The van der Waals surface area contributed by atoms with Crippen molar-refractivity contribution < 1.29 is 23.9 Å². The molecule has 0 N–H and O–H groups in total. The molecule has 6 rings (SSSR count). The highest BCUT2D eigenvalue weighted by atomic mass is 16.6. The third kappa shape index (κ3) is 6.59. The number of hydrogen-bond donors (Lipinski definition) is 0. The molecule has 13 heteroatoms. The summed E-state index contributed by atoms with van der Waals surface area (Å²) in [7, 11) is 4.74. The van der Waals surface area contributed by atoms with Crippen LogP contribution >= 0.6 is 0 Å². The first-order valence-corrected chi connectivity index (χ1v) is 14.7. The molecule has 0 unspecified atom stereocenters. The smallest absolute Gasteiger partial charge is 0.284 e. The molecule has 0 spiro atoms. The van der Waals surface area contributed by atoms with Crippen LogP contribution in [0.1, 0.15) is 22.3 Å². The Balaban J connectivity index is 1.14. The van der Waals surface area contributed by atoms with Gasteiger partial charge in [0.25, 0.3) is 5.69 Å². The van der Waals surface area contributed by atoms with Gasteiger partial charge in [-0.3, -0.25) is 20.0 Å². The normalized spacial score (nSPS) is 12.8. The summed E-state index contributed by atoms with van der Waals surface area (Å²) in [5, 5.41) is 24.7. The molecule has 236 valence electrons. The molecular weight excluding hydrogens is 590 g/mol. The summed E-state index contributed by atoms with van der Waals surface area (Å²) in [5.41, 5.74) is 5.18. The van der Waals surface area contributed by atoms with Gasteiger partial charge in [0.1, 0.15) is 12.2 Å². The van der Waals surface area contributed by atoms with Gasteiger partial charge in [0.05, 0.1) is 38.0 Å². The number of tetrazole rings is 1. The first-order valence-electron chi connectivity index (χ1n) is 14.7. The van der Waals surface area contributed by atoms with Gasteiger partial charge in [-0.15, -0.1) is 15.0 Å². The summed E-state index contributed by atoms with van der Waals surface area (Å²) >= 11 is 0. The van der Waals surface area contributed by atoms with Gasteiger partial charge in [-0.2, -0.15) is 0 Å². The fourth-order valence-electron chi connectivity index (χ4n) is 5.44. The van der Waals surface area contributed by atoms with Gasteiger partial charge in [0.15, 0.2) is 23.0 Å². The average molecular weight is 624 g/mol. The Bertz CT molecular complexity index is 1830. The largest absolute Gasteiger partial charge is 0.493 e. The van der Waals surface area contributed by atoms with Gasteiger partial charge in [0.2, 0.25) is 5.82 Å². The van der Waals surface area contributed by atoms with Crippen LogP contribution in [-0.4, -0.2) is 69.4 Å². The second-order valence-corrected chi connectivity index (χ2v) is 10.7. The molecule has 0 bridgehead atoms. The van der Waals surface area contributed by atoms with E-state index in [0.29, 0.717) is 11.4 Å². The average Bonchev–Trinajstić information content (AvgIpc) is 3.59. The molecule has 2 aromatic heterocycles. The van der Waals surface area contributed by atoms with Crippen molar-refractivity contribution in [3.8, 4) is 40.1 Å². The lowest BCUT2D eigenvalue weighted by molar-refractivity contribution is -0.384. The molecule has 1 aliphatic rings. The van der Waals surface area contributed by atoms with Crippen LogP contribution in [0.15, 0.2) is 73.1 Å². The number of hydrogen-bond acceptors (Lipinski definition) is 11. The number of fused-ring (bicyclic) bond motifs is 1. The van der Waals surface area contributed by atoms with Crippen LogP contribution in [0.5, 0.6) is 23.0 Å². The molecule has 0 saturated carbocycles. The standard InChI is InChI=1S/C33H33N7O6/c1-43-29-15-24-11-14-38(20-25(24)16-30(29)44-2)13-10-22-6-8-26(9-7-22)39-36-33(35-37-39)27-17-32(31(45-3)18-28(27)40(41)42)46-21-23-5-4-12-34-19-23/h4-9,12,15-19H,10-11,13-14,20-21H2,1-3H3. The second kappa shape index (κ2) is 13.6. The number of pyridine rings is 1. The predicted molar refractivity (Wildman–Crippen MR) is 169 cm³/mol. The number of nitro benzene ring substituents is 1. The number of benzene rings is 3. The van der Waals surface area contributed by atoms with Gasteiger partial charge < -0.3 is 18.9 Å². The van der Waals surface area contributed by atoms with Crippen LogP contribution in [0.3, 0.4) is 0 Å². The first-order chi connectivity index (χ1) is 22.4. The number of ether oxygens (including phenoxy) is 4. The summed E-state index contributed by atoms with van der Waals surface area (Å²) in [6.07, 6.45) is 5.18. The minimum Gasteiger partial charge on any atom is -0.493 e. The summed E-state index contributed by atoms with van der Waals surface area (Å²) in [4.78, 5) is 19.3. The van der Waals surface area contributed by atoms with E-state index in [2.05, 4.69) is 37.4 Å². The Morgan fingerprint density at radius 3 is 2.33 bits per heavy atom. The van der Waals surface area contributed by atoms with Crippen molar-refractivity contribution in [3.63, 3.8) is 0 Å². The minimum absolute atomic E-state index is 0.0873. The summed E-state index contributed by atoms with van der Waals surface area (Å²) < 4.78 is 22.3. The highest BCUT2D eigenvalue weighted by Gasteiger charge is 2.25. The lowest BCUT2D eigenvalue weighted by atomic mass is 9.98. The Hall–Kier alpha value is -5.56. The van der Waals surface area contributed by atoms with Crippen molar-refractivity contribution in [2.24, 2.45) is 0 Å². The number of methoxy groups -OCH3 is 3. The van der Waals surface area contributed by atoms with Crippen molar-refractivity contribution in [2.75, 3.05) is 34.4 Å². The molecule has 0 saturated heterocycles. The highest BCUT2D eigenvalue weighted by molar-refractivity contribution is 5.72. The predicted octanol–water partition coefficient (Wildman–Crippen LogP) is 4.84. The number of aromatic nitrogens is 5. The number of rotatable bonds is 12. The van der Waals surface area contributed by atoms with E-state index in [9.17, 15) is 10.1 Å². The van der Waals surface area contributed by atoms with E-state index in [1.165, 1.54) is 40.7 Å². The second-order valence-electron chi connectivity index (χ2n) is 10.7. The van der Waals surface area contributed by atoms with Crippen molar-refractivity contribution in [2.45, 2.75) is 26.0 Å². The monoisotopic (exact) mass is 623 g/mol. The molecule has 0 fully saturated rings. The van der Waals surface area contributed by atoms with Crippen LogP contribution in [0, 0.1) is 10.1 Å². The van der Waals surface area contributed by atoms with Crippen LogP contribution < -0.4 is 18.9 Å². The van der Waals surface area contributed by atoms with E-state index in [4.69, 9.17) is 18.9 Å². The minimum atomic E-state index is -0.507. The third-order valence-electron chi connectivity index (χ3n) is 7.93. The Labute approximate surface area is 265 Å². The fraction of sp³-hybridized carbons (Fsp3) is 0.273. The van der Waals surface area contributed by atoms with E-state index in [-0.39, 0.29) is 29.4 Å². The first kappa shape index (κ1) is 30.5. The van der Waals surface area contributed by atoms with Gasteiger partial charge >= 0.3 is 0 Å². The molecule has 0 amide bonds. The summed E-state index contributed by atoms with van der Waals surface area (Å²) in [5.74, 6) is 2.13. The van der Waals surface area contributed by atoms with Crippen LogP contribution in [-0.2, 0) is 26.0 Å². The van der Waals surface area contributed by atoms with Gasteiger partial charge in [-0.1, -0.05) is 18.2 Å². The zero-order valence-electron chi connectivity index (χ0n) is 25.8. The lowest BCUT2D eigenvalue weighted by Crippen LogP contribution is -2.32. The van der Waals surface area contributed by atoms with Crippen molar-refractivity contribution in [1.82, 2.24) is 30.1 Å². The molecule has 13 nitrogen and oxygen atoms in total. The van der Waals surface area contributed by atoms with Crippen LogP contribution in [0.4, 0.5) is 5.69 Å². The van der Waals surface area contributed by atoms with E-state index >= 15 is 0 Å². The molecule has 5 aromatic rings. The van der Waals surface area contributed by atoms with E-state index in [0.717, 1.165) is 49.5 Å². The van der Waals surface area contributed by atoms with Crippen LogP contribution in [0.2, 0.25) is 0 Å². The zero-order chi connectivity index (χ0) is 32.0. The third-order valence-corrected chi connectivity index (χ3v) is 7.93. The maximum absolute atomic E-state index is 12.0.